The van der Waals surface area contributed by atoms with Crippen molar-refractivity contribution in [3.63, 3.8) is 0 Å². The van der Waals surface area contributed by atoms with Gasteiger partial charge >= 0.3 is 0 Å². The first-order chi connectivity index (χ1) is 8.34. The molecule has 1 aromatic rings. The first-order valence-corrected chi connectivity index (χ1v) is 6.35. The van der Waals surface area contributed by atoms with Crippen molar-refractivity contribution in [2.24, 2.45) is 5.41 Å². The number of aliphatic hydroxyl groups is 1. The van der Waals surface area contributed by atoms with Crippen LogP contribution < -0.4 is 4.74 Å². The summed E-state index contributed by atoms with van der Waals surface area (Å²) in [6, 6.07) is 5.01. The number of ether oxygens (including phenoxy) is 1. The summed E-state index contributed by atoms with van der Waals surface area (Å²) in [5.74, 6) is -0.0557. The number of hydrogen-bond donors (Lipinski definition) is 1. The minimum absolute atomic E-state index is 0.0921. The van der Waals surface area contributed by atoms with Crippen LogP contribution in [0, 0.1) is 11.2 Å². The lowest BCUT2D eigenvalue weighted by atomic mass is 9.86. The maximum absolute atomic E-state index is 13.5. The molecule has 3 heteroatoms. The van der Waals surface area contributed by atoms with Gasteiger partial charge in [-0.25, -0.2) is 4.39 Å². The molecule has 0 amide bonds. The highest BCUT2D eigenvalue weighted by atomic mass is 19.1. The lowest BCUT2D eigenvalue weighted by Gasteiger charge is -2.25. The molecule has 102 valence electrons. The molecule has 1 unspecified atom stereocenters. The fourth-order valence-corrected chi connectivity index (χ4v) is 1.80. The fourth-order valence-electron chi connectivity index (χ4n) is 1.80. The number of benzene rings is 1. The van der Waals surface area contributed by atoms with Crippen LogP contribution in [0.5, 0.6) is 5.75 Å². The van der Waals surface area contributed by atoms with Crippen LogP contribution in [0.3, 0.4) is 0 Å². The molecule has 2 nitrogen and oxygen atoms in total. The zero-order valence-corrected chi connectivity index (χ0v) is 11.7. The summed E-state index contributed by atoms with van der Waals surface area (Å²) in [5.41, 5.74) is 0.847. The molecule has 1 N–H and O–H groups in total. The summed E-state index contributed by atoms with van der Waals surface area (Å²) in [4.78, 5) is 0. The molecule has 0 bridgehead atoms. The van der Waals surface area contributed by atoms with Gasteiger partial charge in [0.1, 0.15) is 0 Å². The second-order valence-electron chi connectivity index (χ2n) is 5.74. The van der Waals surface area contributed by atoms with Crippen LogP contribution in [-0.4, -0.2) is 18.3 Å². The summed E-state index contributed by atoms with van der Waals surface area (Å²) in [5, 5.41) is 9.91. The average molecular weight is 254 g/mol. The van der Waals surface area contributed by atoms with Crippen LogP contribution in [0.15, 0.2) is 18.2 Å². The second-order valence-corrected chi connectivity index (χ2v) is 5.74. The largest absolute Gasteiger partial charge is 0.494 e. The molecule has 0 heterocycles. The maximum atomic E-state index is 13.5. The molecule has 0 saturated heterocycles. The van der Waals surface area contributed by atoms with E-state index in [2.05, 4.69) is 0 Å². The van der Waals surface area contributed by atoms with E-state index in [-0.39, 0.29) is 23.1 Å². The summed E-state index contributed by atoms with van der Waals surface area (Å²) < 4.78 is 18.3. The van der Waals surface area contributed by atoms with Crippen molar-refractivity contribution in [2.45, 2.75) is 46.1 Å². The van der Waals surface area contributed by atoms with E-state index in [4.69, 9.17) is 4.74 Å². The van der Waals surface area contributed by atoms with Crippen LogP contribution in [0.25, 0.3) is 0 Å². The molecule has 1 rings (SSSR count). The Balaban J connectivity index is 2.47. The zero-order chi connectivity index (χ0) is 13.8. The number of halogens is 1. The van der Waals surface area contributed by atoms with E-state index >= 15 is 0 Å². The van der Waals surface area contributed by atoms with Gasteiger partial charge in [-0.2, -0.15) is 0 Å². The van der Waals surface area contributed by atoms with Crippen molar-refractivity contribution in [2.75, 3.05) is 7.11 Å². The monoisotopic (exact) mass is 254 g/mol. The Labute approximate surface area is 109 Å². The van der Waals surface area contributed by atoms with Crippen molar-refractivity contribution in [1.29, 1.82) is 0 Å². The standard InChI is InChI=1S/C15H23FO2/c1-15(2,3)14(17)7-5-6-11-8-9-13(18-4)12(16)10-11/h8-10,14,17H,5-7H2,1-4H3. The molecule has 0 aromatic heterocycles. The smallest absolute Gasteiger partial charge is 0.165 e. The third kappa shape index (κ3) is 4.30. The molecule has 1 atom stereocenters. The van der Waals surface area contributed by atoms with Crippen LogP contribution >= 0.6 is 0 Å². The number of hydrogen-bond acceptors (Lipinski definition) is 2. The van der Waals surface area contributed by atoms with Gasteiger partial charge in [0.2, 0.25) is 0 Å². The first kappa shape index (κ1) is 15.0. The summed E-state index contributed by atoms with van der Waals surface area (Å²) >= 11 is 0. The van der Waals surface area contributed by atoms with Crippen molar-refractivity contribution in [3.05, 3.63) is 29.6 Å². The Bertz CT molecular complexity index is 383. The SMILES string of the molecule is COc1ccc(CCCC(O)C(C)(C)C)cc1F. The summed E-state index contributed by atoms with van der Waals surface area (Å²) in [6.07, 6.45) is 2.04. The second kappa shape index (κ2) is 6.19. The first-order valence-electron chi connectivity index (χ1n) is 6.35. The molecular formula is C15H23FO2. The highest BCUT2D eigenvalue weighted by Crippen LogP contribution is 2.24. The Morgan fingerprint density at radius 2 is 2.00 bits per heavy atom. The average Bonchev–Trinajstić information content (AvgIpc) is 2.28. The highest BCUT2D eigenvalue weighted by Gasteiger charge is 2.21. The normalized spacial score (nSPS) is 13.4. The fraction of sp³-hybridized carbons (Fsp3) is 0.600. The molecule has 0 radical (unpaired) electrons. The van der Waals surface area contributed by atoms with Gasteiger partial charge in [-0.05, 0) is 42.4 Å². The number of aliphatic hydroxyl groups excluding tert-OH is 1. The van der Waals surface area contributed by atoms with E-state index in [1.165, 1.54) is 13.2 Å². The van der Waals surface area contributed by atoms with Gasteiger partial charge in [-0.1, -0.05) is 26.8 Å². The van der Waals surface area contributed by atoms with E-state index in [0.717, 1.165) is 24.8 Å². The lowest BCUT2D eigenvalue weighted by Crippen LogP contribution is -2.25. The minimum atomic E-state index is -0.327. The zero-order valence-electron chi connectivity index (χ0n) is 11.7. The Kier molecular flexibility index (Phi) is 5.15. The number of aryl methyl sites for hydroxylation is 1. The van der Waals surface area contributed by atoms with Gasteiger partial charge in [0.25, 0.3) is 0 Å². The van der Waals surface area contributed by atoms with Crippen LogP contribution in [0.2, 0.25) is 0 Å². The quantitative estimate of drug-likeness (QED) is 0.870. The molecule has 0 spiro atoms. The van der Waals surface area contributed by atoms with Gasteiger partial charge < -0.3 is 9.84 Å². The van der Waals surface area contributed by atoms with Gasteiger partial charge in [-0.3, -0.25) is 0 Å². The Hall–Kier alpha value is -1.09. The summed E-state index contributed by atoms with van der Waals surface area (Å²) in [6.45, 7) is 6.06. The molecule has 18 heavy (non-hydrogen) atoms. The van der Waals surface area contributed by atoms with Crippen LogP contribution in [0.4, 0.5) is 4.39 Å². The van der Waals surface area contributed by atoms with Gasteiger partial charge in [0.15, 0.2) is 11.6 Å². The molecule has 0 aliphatic heterocycles. The van der Waals surface area contributed by atoms with E-state index < -0.39 is 0 Å². The summed E-state index contributed by atoms with van der Waals surface area (Å²) in [7, 11) is 1.46. The van der Waals surface area contributed by atoms with Crippen molar-refractivity contribution in [3.8, 4) is 5.75 Å². The van der Waals surface area contributed by atoms with Crippen molar-refractivity contribution < 1.29 is 14.2 Å². The van der Waals surface area contributed by atoms with E-state index in [9.17, 15) is 9.50 Å². The predicted octanol–water partition coefficient (Wildman–Crippen LogP) is 3.56. The van der Waals surface area contributed by atoms with Gasteiger partial charge in [-0.15, -0.1) is 0 Å². The van der Waals surface area contributed by atoms with Gasteiger partial charge in [0, 0.05) is 0 Å². The lowest BCUT2D eigenvalue weighted by molar-refractivity contribution is 0.0540. The Morgan fingerprint density at radius 1 is 1.33 bits per heavy atom. The number of rotatable bonds is 5. The van der Waals surface area contributed by atoms with E-state index in [0.29, 0.717) is 0 Å². The molecule has 0 aliphatic carbocycles. The third-order valence-corrected chi connectivity index (χ3v) is 3.16. The molecule has 0 saturated carbocycles. The predicted molar refractivity (Wildman–Crippen MR) is 71.4 cm³/mol. The van der Waals surface area contributed by atoms with Crippen LogP contribution in [-0.2, 0) is 6.42 Å². The van der Waals surface area contributed by atoms with Crippen molar-refractivity contribution >= 4 is 0 Å². The van der Waals surface area contributed by atoms with E-state index in [1.54, 1.807) is 6.07 Å². The van der Waals surface area contributed by atoms with Crippen LogP contribution in [0.1, 0.15) is 39.2 Å². The van der Waals surface area contributed by atoms with Crippen molar-refractivity contribution in [1.82, 2.24) is 0 Å². The molecule has 1 aromatic carbocycles. The van der Waals surface area contributed by atoms with Gasteiger partial charge in [0.05, 0.1) is 13.2 Å². The minimum Gasteiger partial charge on any atom is -0.494 e. The number of methoxy groups -OCH3 is 1. The topological polar surface area (TPSA) is 29.5 Å². The molecular weight excluding hydrogens is 231 g/mol. The van der Waals surface area contributed by atoms with E-state index in [1.807, 2.05) is 26.8 Å². The Morgan fingerprint density at radius 3 is 2.50 bits per heavy atom. The maximum Gasteiger partial charge on any atom is 0.165 e. The third-order valence-electron chi connectivity index (χ3n) is 3.16. The molecule has 0 fully saturated rings. The highest BCUT2D eigenvalue weighted by molar-refractivity contribution is 5.29. The molecule has 0 aliphatic rings.